The number of nitrogens with one attached hydrogen (secondary N) is 2. The average molecular weight is 461 g/mol. The highest BCUT2D eigenvalue weighted by molar-refractivity contribution is 5.93. The molecule has 1 aromatic carbocycles. The second kappa shape index (κ2) is 13.2. The van der Waals surface area contributed by atoms with Crippen molar-refractivity contribution in [2.75, 3.05) is 19.6 Å². The van der Waals surface area contributed by atoms with Gasteiger partial charge in [-0.3, -0.25) is 19.4 Å². The van der Waals surface area contributed by atoms with Gasteiger partial charge in [-0.05, 0) is 31.2 Å². The molecule has 33 heavy (non-hydrogen) atoms. The Bertz CT molecular complexity index is 864. The molecule has 1 aliphatic heterocycles. The summed E-state index contributed by atoms with van der Waals surface area (Å²) in [4.78, 5) is 55.2. The second-order valence-electron chi connectivity index (χ2n) is 7.88. The van der Waals surface area contributed by atoms with Crippen molar-refractivity contribution in [2.45, 2.75) is 50.2 Å². The van der Waals surface area contributed by atoms with Crippen LogP contribution in [0, 0.1) is 0 Å². The molecule has 11 heteroatoms. The molecule has 0 radical (unpaired) electrons. The molecule has 8 N–H and O–H groups in total. The molecule has 2 rings (SSSR count). The van der Waals surface area contributed by atoms with Crippen molar-refractivity contribution in [1.29, 1.82) is 0 Å². The fraction of sp³-hybridized carbons (Fsp3) is 0.500. The van der Waals surface area contributed by atoms with Crippen LogP contribution in [0.5, 0.6) is 0 Å². The number of nitrogens with two attached hydrogens (primary N) is 3. The van der Waals surface area contributed by atoms with Gasteiger partial charge in [-0.2, -0.15) is 0 Å². The molecule has 180 valence electrons. The molecule has 1 aromatic rings. The third kappa shape index (κ3) is 8.19. The summed E-state index contributed by atoms with van der Waals surface area (Å²) in [5.41, 5.74) is 13.4. The lowest BCUT2D eigenvalue weighted by Crippen LogP contribution is -2.55. The van der Waals surface area contributed by atoms with Crippen LogP contribution in [0.3, 0.4) is 0 Å². The molecule has 0 aromatic heterocycles. The van der Waals surface area contributed by atoms with E-state index < -0.39 is 29.9 Å². The first-order chi connectivity index (χ1) is 16.3. The minimum absolute atomic E-state index is 0.0394. The summed E-state index contributed by atoms with van der Waals surface area (Å²) in [6.45, 7) is 0.443. The number of nitrogens with zero attached hydrogens (tertiary/aromatic N) is 2. The van der Waals surface area contributed by atoms with Crippen LogP contribution < -0.4 is 27.8 Å². The quantitative estimate of drug-likeness (QED) is 0.101. The van der Waals surface area contributed by atoms with Crippen LogP contribution in [0.1, 0.15) is 31.2 Å². The van der Waals surface area contributed by atoms with E-state index in [1.54, 1.807) is 0 Å². The molecule has 0 spiro atoms. The number of likely N-dealkylation sites (tertiary alicyclic amines) is 1. The molecule has 1 saturated heterocycles. The average Bonchev–Trinajstić information content (AvgIpc) is 3.31. The standard InChI is InChI=1S/C22H33N7O4/c23-13-19(31)28-17(12-15-6-2-1-3-7-15)21(33)29-11-5-9-18(29)20(32)27-16(14-30)8-4-10-26-22(24)25/h1-3,6-7,14,16-18H,4-5,8-13,23H2,(H,27,32)(H,28,31)(H4,24,25,26)/t16-,17-,18-/m0/s1/i/hD. The lowest BCUT2D eigenvalue weighted by Gasteiger charge is -2.29. The molecule has 0 unspecified atom stereocenters. The fourth-order valence-electron chi connectivity index (χ4n) is 3.77. The first kappa shape index (κ1) is 24.2. The second-order valence-corrected chi connectivity index (χ2v) is 7.88. The zero-order valence-corrected chi connectivity index (χ0v) is 18.5. The van der Waals surface area contributed by atoms with Crippen LogP contribution in [0.2, 0.25) is 1.41 Å². The summed E-state index contributed by atoms with van der Waals surface area (Å²) in [6.07, 6.45) is 2.85. The van der Waals surface area contributed by atoms with Crippen molar-refractivity contribution in [3.63, 3.8) is 0 Å². The van der Waals surface area contributed by atoms with Gasteiger partial charge in [0.25, 0.3) is 0 Å². The van der Waals surface area contributed by atoms with E-state index in [0.29, 0.717) is 45.1 Å². The van der Waals surface area contributed by atoms with Crippen molar-refractivity contribution >= 4 is 30.0 Å². The minimum Gasteiger partial charge on any atom is -0.370 e. The zero-order valence-electron chi connectivity index (χ0n) is 19.5. The largest absolute Gasteiger partial charge is 0.370 e. The number of aldehydes is 1. The Balaban J connectivity index is 2.06. The maximum atomic E-state index is 13.4. The predicted molar refractivity (Wildman–Crippen MR) is 124 cm³/mol. The number of aliphatic imine (C=N–C) groups is 1. The summed E-state index contributed by atoms with van der Waals surface area (Å²) in [6, 6.07) is 6.87. The van der Waals surface area contributed by atoms with Crippen LogP contribution in [-0.4, -0.2) is 72.6 Å². The van der Waals surface area contributed by atoms with E-state index in [-0.39, 0.29) is 24.8 Å². The number of hydrogen-bond donors (Lipinski definition) is 5. The van der Waals surface area contributed by atoms with E-state index in [1.807, 2.05) is 36.1 Å². The number of guanidine groups is 1. The van der Waals surface area contributed by atoms with Gasteiger partial charge in [-0.25, -0.2) is 0 Å². The Morgan fingerprint density at radius 2 is 2.00 bits per heavy atom. The van der Waals surface area contributed by atoms with Gasteiger partial charge < -0.3 is 37.5 Å². The summed E-state index contributed by atoms with van der Waals surface area (Å²) in [7, 11) is 0. The van der Waals surface area contributed by atoms with Crippen LogP contribution in [0.4, 0.5) is 0 Å². The van der Waals surface area contributed by atoms with Gasteiger partial charge in [0.15, 0.2) is 5.96 Å². The molecule has 3 amide bonds. The third-order valence-electron chi connectivity index (χ3n) is 5.37. The summed E-state index contributed by atoms with van der Waals surface area (Å²) in [5.74, 6) is -1.33. The monoisotopic (exact) mass is 460 g/mol. The Labute approximate surface area is 194 Å². The van der Waals surface area contributed by atoms with Crippen molar-refractivity contribution in [3.8, 4) is 0 Å². The van der Waals surface area contributed by atoms with Crippen molar-refractivity contribution in [1.82, 2.24) is 15.5 Å². The number of amides is 3. The first-order valence-electron chi connectivity index (χ1n) is 11.4. The van der Waals surface area contributed by atoms with Crippen molar-refractivity contribution in [3.05, 3.63) is 35.9 Å². The normalized spacial score (nSPS) is 17.4. The number of hydrogen-bond acceptors (Lipinski definition) is 6. The highest BCUT2D eigenvalue weighted by Crippen LogP contribution is 2.20. The van der Waals surface area contributed by atoms with E-state index in [2.05, 4.69) is 15.6 Å². The van der Waals surface area contributed by atoms with Crippen molar-refractivity contribution in [2.24, 2.45) is 22.2 Å². The molecular formula is C22H33N7O4. The van der Waals surface area contributed by atoms with Crippen molar-refractivity contribution < 1.29 is 20.6 Å². The van der Waals surface area contributed by atoms with Gasteiger partial charge in [-0.15, -0.1) is 0 Å². The van der Waals surface area contributed by atoms with E-state index >= 15 is 0 Å². The maximum absolute atomic E-state index is 13.4. The Morgan fingerprint density at radius 3 is 2.67 bits per heavy atom. The summed E-state index contributed by atoms with van der Waals surface area (Å²) < 4.78 is 7.02. The fourth-order valence-corrected chi connectivity index (χ4v) is 3.77. The molecule has 1 aliphatic rings. The lowest BCUT2D eigenvalue weighted by atomic mass is 10.0. The molecular weight excluding hydrogens is 426 g/mol. The van der Waals surface area contributed by atoms with E-state index in [4.69, 9.17) is 12.9 Å². The van der Waals surface area contributed by atoms with Gasteiger partial charge in [0.05, 0.1) is 12.6 Å². The Morgan fingerprint density at radius 1 is 1.24 bits per heavy atom. The van der Waals surface area contributed by atoms with Gasteiger partial charge in [0.1, 0.15) is 19.8 Å². The topological polar surface area (TPSA) is 186 Å². The maximum Gasteiger partial charge on any atom is 0.246 e. The first-order valence-corrected chi connectivity index (χ1v) is 10.9. The van der Waals surface area contributed by atoms with E-state index in [0.717, 1.165) is 5.56 Å². The molecule has 0 saturated carbocycles. The van der Waals surface area contributed by atoms with Gasteiger partial charge in [-0.1, -0.05) is 30.3 Å². The SMILES string of the molecule is [2H]NCC(=O)N[C@@H](Cc1ccccc1)C(=O)N1CCC[C@H]1C(=O)N[C@H](C=O)CCCN=C(N)N. The van der Waals surface area contributed by atoms with Crippen LogP contribution in [0.15, 0.2) is 35.3 Å². The zero-order chi connectivity index (χ0) is 24.9. The minimum atomic E-state index is -0.891. The van der Waals surface area contributed by atoms with Gasteiger partial charge in [0, 0.05) is 19.5 Å². The summed E-state index contributed by atoms with van der Waals surface area (Å²) >= 11 is 0. The molecule has 11 nitrogen and oxygen atoms in total. The molecule has 0 aliphatic carbocycles. The predicted octanol–water partition coefficient (Wildman–Crippen LogP) is -1.60. The Kier molecular flexibility index (Phi) is 9.64. The van der Waals surface area contributed by atoms with Crippen LogP contribution >= 0.6 is 0 Å². The van der Waals surface area contributed by atoms with E-state index in [1.165, 1.54) is 4.90 Å². The number of carbonyl (C=O) groups is 4. The smallest absolute Gasteiger partial charge is 0.246 e. The number of rotatable bonds is 13. The molecule has 1 heterocycles. The number of benzene rings is 1. The van der Waals surface area contributed by atoms with E-state index in [9.17, 15) is 19.2 Å². The summed E-state index contributed by atoms with van der Waals surface area (Å²) in [5, 5.41) is 5.36. The Hall–Kier alpha value is -3.47. The highest BCUT2D eigenvalue weighted by Gasteiger charge is 2.38. The molecule has 3 atom stereocenters. The number of carbonyl (C=O) groups excluding carboxylic acids is 4. The third-order valence-corrected chi connectivity index (χ3v) is 5.37. The van der Waals surface area contributed by atoms with Crippen LogP contribution in [0.25, 0.3) is 0 Å². The van der Waals surface area contributed by atoms with Gasteiger partial charge in [0.2, 0.25) is 17.7 Å². The highest BCUT2D eigenvalue weighted by atomic mass is 16.2. The lowest BCUT2D eigenvalue weighted by molar-refractivity contribution is -0.141. The van der Waals surface area contributed by atoms with Gasteiger partial charge >= 0.3 is 0 Å². The molecule has 0 bridgehead atoms. The van der Waals surface area contributed by atoms with Crippen LogP contribution in [-0.2, 0) is 25.6 Å². The molecule has 1 fully saturated rings.